The molecule has 0 bridgehead atoms. The van der Waals surface area contributed by atoms with Crippen molar-refractivity contribution in [3.8, 4) is 5.75 Å². The van der Waals surface area contributed by atoms with Gasteiger partial charge in [0.1, 0.15) is 12.0 Å². The van der Waals surface area contributed by atoms with Gasteiger partial charge < -0.3 is 10.8 Å². The summed E-state index contributed by atoms with van der Waals surface area (Å²) in [5, 5.41) is 11.1. The van der Waals surface area contributed by atoms with Crippen LogP contribution in [0.1, 0.15) is 5.56 Å². The average molecular weight is 187 g/mol. The molecule has 3 heteroatoms. The molecule has 1 aliphatic carbocycles. The SMILES string of the molecule is NC=c1ccc2c(c1O)C=C(C=O)C=2. The molecule has 0 atom stereocenters. The molecular weight excluding hydrogens is 178 g/mol. The Kier molecular flexibility index (Phi) is 1.85. The standard InChI is InChI=1S/C11H9NO2/c12-5-9-2-1-8-3-7(6-13)4-10(8)11(9)14/h1-6,14H,12H2. The van der Waals surface area contributed by atoms with Crippen LogP contribution in [0.25, 0.3) is 18.4 Å². The molecule has 70 valence electrons. The van der Waals surface area contributed by atoms with Crippen molar-refractivity contribution in [2.75, 3.05) is 0 Å². The second kappa shape index (κ2) is 3.03. The van der Waals surface area contributed by atoms with Crippen LogP contribution in [0.5, 0.6) is 5.75 Å². The first-order valence-corrected chi connectivity index (χ1v) is 4.19. The van der Waals surface area contributed by atoms with Gasteiger partial charge >= 0.3 is 0 Å². The first-order chi connectivity index (χ1) is 6.76. The molecule has 0 radical (unpaired) electrons. The van der Waals surface area contributed by atoms with Crippen molar-refractivity contribution in [3.05, 3.63) is 33.7 Å². The number of rotatable bonds is 1. The maximum absolute atomic E-state index is 10.5. The van der Waals surface area contributed by atoms with Crippen LogP contribution < -0.4 is 16.2 Å². The Labute approximate surface area is 80.5 Å². The van der Waals surface area contributed by atoms with E-state index in [-0.39, 0.29) is 5.75 Å². The van der Waals surface area contributed by atoms with Crippen LogP contribution in [-0.4, -0.2) is 11.4 Å². The molecule has 1 aliphatic rings. The van der Waals surface area contributed by atoms with Gasteiger partial charge in [-0.2, -0.15) is 0 Å². The smallest absolute Gasteiger partial charge is 0.150 e. The van der Waals surface area contributed by atoms with E-state index in [4.69, 9.17) is 5.73 Å². The molecule has 0 aliphatic heterocycles. The molecule has 3 N–H and O–H groups in total. The molecule has 0 heterocycles. The summed E-state index contributed by atoms with van der Waals surface area (Å²) in [5.41, 5.74) is 6.54. The van der Waals surface area contributed by atoms with Gasteiger partial charge in [-0.25, -0.2) is 0 Å². The lowest BCUT2D eigenvalue weighted by molar-refractivity contribution is -0.104. The minimum Gasteiger partial charge on any atom is -0.507 e. The van der Waals surface area contributed by atoms with E-state index in [0.717, 1.165) is 11.5 Å². The summed E-state index contributed by atoms with van der Waals surface area (Å²) in [6.07, 6.45) is 5.46. The first kappa shape index (κ1) is 8.56. The average Bonchev–Trinajstić information content (AvgIpc) is 2.62. The highest BCUT2D eigenvalue weighted by atomic mass is 16.3. The zero-order valence-corrected chi connectivity index (χ0v) is 7.40. The number of hydrogen-bond donors (Lipinski definition) is 2. The number of nitrogens with two attached hydrogens (primary N) is 1. The minimum absolute atomic E-state index is 0.123. The van der Waals surface area contributed by atoms with Gasteiger partial charge in [-0.1, -0.05) is 6.07 Å². The molecule has 2 rings (SSSR count). The third-order valence-electron chi connectivity index (χ3n) is 2.23. The van der Waals surface area contributed by atoms with Gasteiger partial charge in [-0.15, -0.1) is 0 Å². The normalized spacial score (nSPS) is 14.6. The van der Waals surface area contributed by atoms with E-state index in [2.05, 4.69) is 0 Å². The maximum Gasteiger partial charge on any atom is 0.150 e. The highest BCUT2D eigenvalue weighted by molar-refractivity contribution is 5.96. The van der Waals surface area contributed by atoms with Gasteiger partial charge in [0.05, 0.1) is 0 Å². The molecule has 0 unspecified atom stereocenters. The van der Waals surface area contributed by atoms with E-state index >= 15 is 0 Å². The van der Waals surface area contributed by atoms with Crippen LogP contribution in [-0.2, 0) is 4.79 Å². The van der Waals surface area contributed by atoms with E-state index < -0.39 is 0 Å². The quantitative estimate of drug-likeness (QED) is 0.581. The summed E-state index contributed by atoms with van der Waals surface area (Å²) in [4.78, 5) is 10.5. The van der Waals surface area contributed by atoms with Crippen molar-refractivity contribution in [3.63, 3.8) is 0 Å². The first-order valence-electron chi connectivity index (χ1n) is 4.19. The number of hydrogen-bond acceptors (Lipinski definition) is 3. The molecule has 0 aromatic heterocycles. The van der Waals surface area contributed by atoms with Gasteiger partial charge in [0.2, 0.25) is 0 Å². The lowest BCUT2D eigenvalue weighted by Crippen LogP contribution is -2.12. The predicted molar refractivity (Wildman–Crippen MR) is 54.5 cm³/mol. The summed E-state index contributed by atoms with van der Waals surface area (Å²) in [6.45, 7) is 0. The highest BCUT2D eigenvalue weighted by Gasteiger charge is 2.08. The molecule has 0 spiro atoms. The zero-order valence-electron chi connectivity index (χ0n) is 7.40. The second-order valence-electron chi connectivity index (χ2n) is 3.08. The maximum atomic E-state index is 10.5. The van der Waals surface area contributed by atoms with Gasteiger partial charge in [0.25, 0.3) is 0 Å². The summed E-state index contributed by atoms with van der Waals surface area (Å²) >= 11 is 0. The molecule has 3 nitrogen and oxygen atoms in total. The Morgan fingerprint density at radius 3 is 2.71 bits per heavy atom. The summed E-state index contributed by atoms with van der Waals surface area (Å²) < 4.78 is 0. The summed E-state index contributed by atoms with van der Waals surface area (Å²) in [7, 11) is 0. The van der Waals surface area contributed by atoms with Crippen LogP contribution >= 0.6 is 0 Å². The summed E-state index contributed by atoms with van der Waals surface area (Å²) in [6, 6.07) is 3.53. The molecule has 0 fully saturated rings. The Balaban J connectivity index is 2.78. The minimum atomic E-state index is 0.123. The van der Waals surface area contributed by atoms with E-state index in [1.807, 2.05) is 6.07 Å². The molecule has 1 aromatic carbocycles. The van der Waals surface area contributed by atoms with Crippen LogP contribution in [0.2, 0.25) is 0 Å². The van der Waals surface area contributed by atoms with Crippen molar-refractivity contribution in [1.82, 2.24) is 0 Å². The van der Waals surface area contributed by atoms with Crippen molar-refractivity contribution in [1.29, 1.82) is 0 Å². The Bertz CT molecular complexity index is 541. The lowest BCUT2D eigenvalue weighted by Gasteiger charge is -1.97. The molecule has 0 saturated carbocycles. The third-order valence-corrected chi connectivity index (χ3v) is 2.23. The molecule has 0 amide bonds. The second-order valence-corrected chi connectivity index (χ2v) is 3.08. The Morgan fingerprint density at radius 2 is 2.07 bits per heavy atom. The fraction of sp³-hybridized carbons (Fsp3) is 0. The van der Waals surface area contributed by atoms with Crippen molar-refractivity contribution in [2.45, 2.75) is 0 Å². The van der Waals surface area contributed by atoms with Crippen molar-refractivity contribution in [2.24, 2.45) is 5.73 Å². The largest absolute Gasteiger partial charge is 0.507 e. The van der Waals surface area contributed by atoms with Gasteiger partial charge in [0, 0.05) is 22.6 Å². The van der Waals surface area contributed by atoms with Crippen molar-refractivity contribution < 1.29 is 9.90 Å². The molecule has 14 heavy (non-hydrogen) atoms. The van der Waals surface area contributed by atoms with E-state index in [1.165, 1.54) is 6.20 Å². The monoisotopic (exact) mass is 187 g/mol. The van der Waals surface area contributed by atoms with Crippen LogP contribution in [0, 0.1) is 0 Å². The zero-order chi connectivity index (χ0) is 10.1. The topological polar surface area (TPSA) is 63.3 Å². The van der Waals surface area contributed by atoms with E-state index in [9.17, 15) is 9.90 Å². The highest BCUT2D eigenvalue weighted by Crippen LogP contribution is 2.15. The number of aldehydes is 1. The van der Waals surface area contributed by atoms with Gasteiger partial charge in [-0.05, 0) is 23.4 Å². The van der Waals surface area contributed by atoms with Crippen LogP contribution in [0.4, 0.5) is 0 Å². The fourth-order valence-corrected chi connectivity index (χ4v) is 1.51. The van der Waals surface area contributed by atoms with E-state index in [1.54, 1.807) is 18.2 Å². The van der Waals surface area contributed by atoms with Crippen LogP contribution in [0.3, 0.4) is 0 Å². The number of allylic oxidation sites excluding steroid dienone is 1. The van der Waals surface area contributed by atoms with E-state index in [0.29, 0.717) is 16.4 Å². The predicted octanol–water partition coefficient (Wildman–Crippen LogP) is -0.535. The van der Waals surface area contributed by atoms with Crippen molar-refractivity contribution >= 4 is 24.6 Å². The van der Waals surface area contributed by atoms with Gasteiger partial charge in [-0.3, -0.25) is 4.79 Å². The summed E-state index contributed by atoms with van der Waals surface area (Å²) in [5.74, 6) is 0.123. The number of fused-ring (bicyclic) bond motifs is 1. The number of phenols is 1. The number of carbonyl (C=O) groups excluding carboxylic acids is 1. The Morgan fingerprint density at radius 1 is 1.29 bits per heavy atom. The number of phenolic OH excluding ortho intramolecular Hbond substituents is 1. The van der Waals surface area contributed by atoms with Gasteiger partial charge in [0.15, 0.2) is 0 Å². The number of carbonyl (C=O) groups is 1. The lowest BCUT2D eigenvalue weighted by atomic mass is 10.1. The third kappa shape index (κ3) is 1.10. The number of aromatic hydroxyl groups is 1. The molecular formula is C11H9NO2. The Hall–Kier alpha value is -2.03. The van der Waals surface area contributed by atoms with Crippen LogP contribution in [0.15, 0.2) is 17.7 Å². The fourth-order valence-electron chi connectivity index (χ4n) is 1.51. The number of benzene rings is 1. The molecule has 0 saturated heterocycles. The molecule has 1 aromatic rings.